The predicted octanol–water partition coefficient (Wildman–Crippen LogP) is 2.76. The molecule has 0 aliphatic carbocycles. The lowest BCUT2D eigenvalue weighted by molar-refractivity contribution is 0.180. The molecule has 0 bridgehead atoms. The minimum atomic E-state index is -3.51. The van der Waals surface area contributed by atoms with Crippen molar-refractivity contribution in [1.82, 2.24) is 14.4 Å². The third kappa shape index (κ3) is 3.74. The van der Waals surface area contributed by atoms with Gasteiger partial charge < -0.3 is 4.52 Å². The molecular formula is C17H22ClN3O3S. The highest BCUT2D eigenvalue weighted by Gasteiger charge is 2.29. The fourth-order valence-electron chi connectivity index (χ4n) is 2.96. The smallest absolute Gasteiger partial charge is 0.243 e. The van der Waals surface area contributed by atoms with Crippen LogP contribution >= 0.6 is 11.6 Å². The van der Waals surface area contributed by atoms with Crippen LogP contribution in [0.4, 0.5) is 0 Å². The van der Waals surface area contributed by atoms with Crippen LogP contribution in [0, 0.1) is 20.8 Å². The number of aromatic nitrogens is 1. The summed E-state index contributed by atoms with van der Waals surface area (Å²) in [5.74, 6) is 0.821. The van der Waals surface area contributed by atoms with E-state index in [1.807, 2.05) is 20.8 Å². The molecule has 1 fully saturated rings. The fourth-order valence-corrected chi connectivity index (χ4v) is 4.66. The second-order valence-corrected chi connectivity index (χ2v) is 8.74. The van der Waals surface area contributed by atoms with Gasteiger partial charge in [-0.25, -0.2) is 8.42 Å². The lowest BCUT2D eigenvalue weighted by atomic mass is 10.2. The van der Waals surface area contributed by atoms with E-state index in [2.05, 4.69) is 10.1 Å². The summed E-state index contributed by atoms with van der Waals surface area (Å²) in [6.45, 7) is 8.66. The molecule has 2 heterocycles. The molecule has 1 saturated heterocycles. The topological polar surface area (TPSA) is 66.7 Å². The number of halogens is 1. The minimum Gasteiger partial charge on any atom is -0.361 e. The van der Waals surface area contributed by atoms with Gasteiger partial charge >= 0.3 is 0 Å². The lowest BCUT2D eigenvalue weighted by Gasteiger charge is -2.34. The van der Waals surface area contributed by atoms with Crippen molar-refractivity contribution < 1.29 is 12.9 Å². The molecule has 3 rings (SSSR count). The van der Waals surface area contributed by atoms with Crippen LogP contribution in [0.1, 0.15) is 22.6 Å². The van der Waals surface area contributed by atoms with E-state index < -0.39 is 10.0 Å². The Kier molecular flexibility index (Phi) is 5.20. The molecule has 1 aromatic heterocycles. The van der Waals surface area contributed by atoms with Crippen LogP contribution in [-0.2, 0) is 16.6 Å². The van der Waals surface area contributed by atoms with E-state index in [1.165, 1.54) is 10.4 Å². The summed E-state index contributed by atoms with van der Waals surface area (Å²) >= 11 is 6.09. The minimum absolute atomic E-state index is 0.252. The van der Waals surface area contributed by atoms with Crippen LogP contribution in [0.25, 0.3) is 0 Å². The van der Waals surface area contributed by atoms with Gasteiger partial charge in [0.25, 0.3) is 0 Å². The molecule has 0 atom stereocenters. The molecule has 2 aromatic rings. The molecule has 1 aromatic carbocycles. The SMILES string of the molecule is Cc1ccc(S(=O)(=O)N2CCN(Cc3c(C)noc3C)CC2)cc1Cl. The number of benzene rings is 1. The standard InChI is InChI=1S/C17H22ClN3O3S/c1-12-4-5-15(10-17(12)18)25(22,23)21-8-6-20(7-9-21)11-16-13(2)19-24-14(16)3/h4-5,10H,6-9,11H2,1-3H3. The van der Waals surface area contributed by atoms with E-state index >= 15 is 0 Å². The van der Waals surface area contributed by atoms with E-state index in [-0.39, 0.29) is 4.90 Å². The van der Waals surface area contributed by atoms with Gasteiger partial charge in [-0.15, -0.1) is 0 Å². The molecule has 0 spiro atoms. The quantitative estimate of drug-likeness (QED) is 0.812. The molecule has 136 valence electrons. The Hall–Kier alpha value is -1.41. The van der Waals surface area contributed by atoms with E-state index in [0.717, 1.165) is 29.1 Å². The van der Waals surface area contributed by atoms with Gasteiger partial charge in [-0.3, -0.25) is 4.90 Å². The van der Waals surface area contributed by atoms with Crippen molar-refractivity contribution in [3.63, 3.8) is 0 Å². The first-order valence-electron chi connectivity index (χ1n) is 8.19. The maximum Gasteiger partial charge on any atom is 0.243 e. The second-order valence-electron chi connectivity index (χ2n) is 6.39. The van der Waals surface area contributed by atoms with Crippen molar-refractivity contribution >= 4 is 21.6 Å². The van der Waals surface area contributed by atoms with Crippen molar-refractivity contribution in [1.29, 1.82) is 0 Å². The molecule has 25 heavy (non-hydrogen) atoms. The monoisotopic (exact) mass is 383 g/mol. The summed E-state index contributed by atoms with van der Waals surface area (Å²) in [6, 6.07) is 4.89. The Morgan fingerprint density at radius 2 is 1.84 bits per heavy atom. The number of piperazine rings is 1. The first-order chi connectivity index (χ1) is 11.8. The van der Waals surface area contributed by atoms with Gasteiger partial charge in [0.15, 0.2) is 0 Å². The zero-order valence-corrected chi connectivity index (χ0v) is 16.2. The fraction of sp³-hybridized carbons (Fsp3) is 0.471. The molecule has 8 heteroatoms. The number of nitrogens with zero attached hydrogens (tertiary/aromatic N) is 3. The average Bonchev–Trinajstić information content (AvgIpc) is 2.89. The third-order valence-electron chi connectivity index (χ3n) is 4.68. The van der Waals surface area contributed by atoms with Crippen LogP contribution in [0.3, 0.4) is 0 Å². The molecule has 0 N–H and O–H groups in total. The Bertz CT molecular complexity index is 852. The highest BCUT2D eigenvalue weighted by Crippen LogP contribution is 2.24. The van der Waals surface area contributed by atoms with Gasteiger partial charge in [-0.1, -0.05) is 22.8 Å². The normalized spacial score (nSPS) is 17.1. The highest BCUT2D eigenvalue weighted by molar-refractivity contribution is 7.89. The molecule has 0 radical (unpaired) electrons. The Morgan fingerprint density at radius 1 is 1.16 bits per heavy atom. The predicted molar refractivity (Wildman–Crippen MR) is 96.2 cm³/mol. The Morgan fingerprint density at radius 3 is 2.40 bits per heavy atom. The first-order valence-corrected chi connectivity index (χ1v) is 10.0. The van der Waals surface area contributed by atoms with Crippen LogP contribution in [0.5, 0.6) is 0 Å². The maximum atomic E-state index is 12.8. The Balaban J connectivity index is 1.68. The maximum absolute atomic E-state index is 12.8. The summed E-state index contributed by atoms with van der Waals surface area (Å²) in [6.07, 6.45) is 0. The van der Waals surface area contributed by atoms with Crippen LogP contribution in [-0.4, -0.2) is 49.0 Å². The molecule has 0 saturated carbocycles. The van der Waals surface area contributed by atoms with Gasteiger partial charge in [-0.05, 0) is 38.5 Å². The van der Waals surface area contributed by atoms with Crippen LogP contribution < -0.4 is 0 Å². The van der Waals surface area contributed by atoms with E-state index in [0.29, 0.717) is 31.2 Å². The van der Waals surface area contributed by atoms with E-state index in [4.69, 9.17) is 16.1 Å². The van der Waals surface area contributed by atoms with Crippen molar-refractivity contribution in [2.75, 3.05) is 26.2 Å². The molecule has 1 aliphatic rings. The van der Waals surface area contributed by atoms with Gasteiger partial charge in [0.1, 0.15) is 5.76 Å². The van der Waals surface area contributed by atoms with Crippen LogP contribution in [0.15, 0.2) is 27.6 Å². The Labute approximate surface area is 153 Å². The van der Waals surface area contributed by atoms with Crippen molar-refractivity contribution in [2.24, 2.45) is 0 Å². The molecule has 0 amide bonds. The lowest BCUT2D eigenvalue weighted by Crippen LogP contribution is -2.48. The number of sulfonamides is 1. The van der Waals surface area contributed by atoms with Gasteiger partial charge in [-0.2, -0.15) is 4.31 Å². The summed E-state index contributed by atoms with van der Waals surface area (Å²) < 4.78 is 32.3. The van der Waals surface area contributed by atoms with Gasteiger partial charge in [0.05, 0.1) is 10.6 Å². The highest BCUT2D eigenvalue weighted by atomic mass is 35.5. The molecular weight excluding hydrogens is 362 g/mol. The molecule has 6 nitrogen and oxygen atoms in total. The second kappa shape index (κ2) is 7.07. The summed E-state index contributed by atoms with van der Waals surface area (Å²) in [7, 11) is -3.51. The summed E-state index contributed by atoms with van der Waals surface area (Å²) in [4.78, 5) is 2.47. The zero-order valence-electron chi connectivity index (χ0n) is 14.6. The number of rotatable bonds is 4. The first kappa shape index (κ1) is 18.4. The van der Waals surface area contributed by atoms with E-state index in [1.54, 1.807) is 12.1 Å². The zero-order chi connectivity index (χ0) is 18.2. The molecule has 0 unspecified atom stereocenters. The van der Waals surface area contributed by atoms with Crippen LogP contribution in [0.2, 0.25) is 5.02 Å². The van der Waals surface area contributed by atoms with Crippen molar-refractivity contribution in [3.8, 4) is 0 Å². The molecule has 1 aliphatic heterocycles. The summed E-state index contributed by atoms with van der Waals surface area (Å²) in [5.41, 5.74) is 2.84. The van der Waals surface area contributed by atoms with Gasteiger partial charge in [0, 0.05) is 43.3 Å². The number of hydrogen-bond acceptors (Lipinski definition) is 5. The van der Waals surface area contributed by atoms with Crippen molar-refractivity contribution in [3.05, 3.63) is 45.8 Å². The number of aryl methyl sites for hydroxylation is 3. The largest absolute Gasteiger partial charge is 0.361 e. The average molecular weight is 384 g/mol. The third-order valence-corrected chi connectivity index (χ3v) is 6.98. The van der Waals surface area contributed by atoms with Crippen molar-refractivity contribution in [2.45, 2.75) is 32.2 Å². The summed E-state index contributed by atoms with van der Waals surface area (Å²) in [5, 5.41) is 4.44. The number of hydrogen-bond donors (Lipinski definition) is 0. The van der Waals surface area contributed by atoms with Gasteiger partial charge in [0.2, 0.25) is 10.0 Å². The van der Waals surface area contributed by atoms with E-state index in [9.17, 15) is 8.42 Å².